The molecule has 2 heterocycles. The molecular weight excluding hydrogens is 402 g/mol. The molecule has 1 saturated heterocycles. The fourth-order valence-electron chi connectivity index (χ4n) is 3.75. The summed E-state index contributed by atoms with van der Waals surface area (Å²) >= 11 is 0. The summed E-state index contributed by atoms with van der Waals surface area (Å²) in [6.45, 7) is 1.66. The van der Waals surface area contributed by atoms with Gasteiger partial charge in [-0.05, 0) is 30.5 Å². The van der Waals surface area contributed by atoms with E-state index in [4.69, 9.17) is 4.42 Å². The molecule has 162 valence electrons. The summed E-state index contributed by atoms with van der Waals surface area (Å²) in [5.41, 5.74) is 0.282. The van der Waals surface area contributed by atoms with E-state index >= 15 is 0 Å². The van der Waals surface area contributed by atoms with Crippen molar-refractivity contribution < 1.29 is 18.0 Å². The van der Waals surface area contributed by atoms with Gasteiger partial charge in [0, 0.05) is 19.5 Å². The Hall–Kier alpha value is -3.29. The second kappa shape index (κ2) is 9.68. The first kappa shape index (κ1) is 21.0. The Balaban J connectivity index is 1.59. The monoisotopic (exact) mass is 426 g/mol. The van der Waals surface area contributed by atoms with Crippen LogP contribution in [0.2, 0.25) is 0 Å². The third-order valence-corrected chi connectivity index (χ3v) is 5.38. The van der Waals surface area contributed by atoms with Crippen molar-refractivity contribution in [3.8, 4) is 0 Å². The van der Waals surface area contributed by atoms with Gasteiger partial charge in [-0.25, -0.2) is 8.78 Å². The van der Waals surface area contributed by atoms with Crippen molar-refractivity contribution in [1.29, 1.82) is 0 Å². The van der Waals surface area contributed by atoms with Gasteiger partial charge in [-0.15, -0.1) is 5.10 Å². The van der Waals surface area contributed by atoms with Crippen LogP contribution in [0, 0.1) is 11.6 Å². The number of halogens is 2. The maximum Gasteiger partial charge on any atom is 0.318 e. The zero-order valence-electron chi connectivity index (χ0n) is 17.1. The highest BCUT2D eigenvalue weighted by molar-refractivity contribution is 5.95. The Labute approximate surface area is 179 Å². The van der Waals surface area contributed by atoms with Gasteiger partial charge in [-0.3, -0.25) is 4.79 Å². The molecule has 1 aliphatic rings. The molecule has 1 atom stereocenters. The van der Waals surface area contributed by atoms with Gasteiger partial charge in [-0.2, -0.15) is 0 Å². The molecule has 0 spiro atoms. The molecule has 6 nitrogen and oxygen atoms in total. The zero-order chi connectivity index (χ0) is 21.6. The number of aromatic nitrogens is 2. The lowest BCUT2D eigenvalue weighted by atomic mass is 10.1. The van der Waals surface area contributed by atoms with E-state index in [9.17, 15) is 13.6 Å². The third kappa shape index (κ3) is 5.07. The molecule has 0 saturated carbocycles. The molecule has 1 aromatic heterocycles. The molecule has 0 radical (unpaired) electrons. The standard InChI is InChI=1S/C23H24F2N4O2/c24-17-11-8-12-18(25)20(17)21(30)26-19(15-16-9-4-3-5-10-16)22-27-28-23(31-22)29-13-6-1-2-7-14-29/h3-5,8-12,19H,1-2,6-7,13-15H2,(H,26,30)/t19-/m0/s1. The summed E-state index contributed by atoms with van der Waals surface area (Å²) in [5.74, 6) is -2.52. The number of anilines is 1. The lowest BCUT2D eigenvalue weighted by Crippen LogP contribution is -2.31. The van der Waals surface area contributed by atoms with Crippen LogP contribution in [0.25, 0.3) is 0 Å². The van der Waals surface area contributed by atoms with Crippen LogP contribution in [-0.4, -0.2) is 29.2 Å². The number of hydrogen-bond donors (Lipinski definition) is 1. The predicted octanol–water partition coefficient (Wildman–Crippen LogP) is 4.44. The van der Waals surface area contributed by atoms with Crippen molar-refractivity contribution in [2.24, 2.45) is 0 Å². The van der Waals surface area contributed by atoms with Crippen molar-refractivity contribution in [3.05, 3.63) is 77.2 Å². The highest BCUT2D eigenvalue weighted by atomic mass is 19.1. The van der Waals surface area contributed by atoms with Gasteiger partial charge >= 0.3 is 6.01 Å². The second-order valence-electron chi connectivity index (χ2n) is 7.64. The molecular formula is C23H24F2N4O2. The van der Waals surface area contributed by atoms with E-state index in [1.54, 1.807) is 0 Å². The number of carbonyl (C=O) groups excluding carboxylic acids is 1. The molecule has 8 heteroatoms. The Morgan fingerprint density at radius 3 is 2.32 bits per heavy atom. The molecule has 1 amide bonds. The normalized spacial score (nSPS) is 15.4. The van der Waals surface area contributed by atoms with E-state index in [1.807, 2.05) is 35.2 Å². The van der Waals surface area contributed by atoms with Crippen molar-refractivity contribution in [1.82, 2.24) is 15.5 Å². The molecule has 1 N–H and O–H groups in total. The van der Waals surface area contributed by atoms with E-state index in [2.05, 4.69) is 15.5 Å². The fraction of sp³-hybridized carbons (Fsp3) is 0.348. The topological polar surface area (TPSA) is 71.3 Å². The number of rotatable bonds is 6. The average molecular weight is 426 g/mol. The van der Waals surface area contributed by atoms with Crippen molar-refractivity contribution in [3.63, 3.8) is 0 Å². The number of benzene rings is 2. The minimum absolute atomic E-state index is 0.202. The Morgan fingerprint density at radius 1 is 0.968 bits per heavy atom. The Bertz CT molecular complexity index is 997. The summed E-state index contributed by atoms with van der Waals surface area (Å²) in [7, 11) is 0. The van der Waals surface area contributed by atoms with Crippen LogP contribution in [-0.2, 0) is 6.42 Å². The summed E-state index contributed by atoms with van der Waals surface area (Å²) in [6.07, 6.45) is 4.77. The van der Waals surface area contributed by atoms with Crippen LogP contribution in [0.15, 0.2) is 52.9 Å². The van der Waals surface area contributed by atoms with Crippen molar-refractivity contribution >= 4 is 11.9 Å². The molecule has 4 rings (SSSR count). The summed E-state index contributed by atoms with van der Waals surface area (Å²) in [4.78, 5) is 14.8. The number of nitrogens with one attached hydrogen (secondary N) is 1. The van der Waals surface area contributed by atoms with E-state index in [0.29, 0.717) is 12.4 Å². The van der Waals surface area contributed by atoms with Crippen LogP contribution in [0.4, 0.5) is 14.8 Å². The fourth-order valence-corrected chi connectivity index (χ4v) is 3.75. The SMILES string of the molecule is O=C(N[C@@H](Cc1ccccc1)c1nnc(N2CCCCCC2)o1)c1c(F)cccc1F. The molecule has 31 heavy (non-hydrogen) atoms. The van der Waals surface area contributed by atoms with Gasteiger partial charge in [-0.1, -0.05) is 54.3 Å². The van der Waals surface area contributed by atoms with Gasteiger partial charge in [0.05, 0.1) is 0 Å². The zero-order valence-corrected chi connectivity index (χ0v) is 17.1. The number of carbonyl (C=O) groups is 1. The van der Waals surface area contributed by atoms with Crippen LogP contribution < -0.4 is 10.2 Å². The molecule has 1 aliphatic heterocycles. The van der Waals surface area contributed by atoms with Gasteiger partial charge < -0.3 is 14.6 Å². The van der Waals surface area contributed by atoms with Crippen LogP contribution in [0.1, 0.15) is 53.5 Å². The van der Waals surface area contributed by atoms with Gasteiger partial charge in [0.15, 0.2) is 0 Å². The molecule has 2 aromatic carbocycles. The minimum atomic E-state index is -0.924. The maximum atomic E-state index is 14.1. The lowest BCUT2D eigenvalue weighted by molar-refractivity contribution is 0.0921. The largest absolute Gasteiger partial charge is 0.406 e. The average Bonchev–Trinajstić information content (AvgIpc) is 3.09. The first-order valence-corrected chi connectivity index (χ1v) is 10.5. The Morgan fingerprint density at radius 2 is 1.65 bits per heavy atom. The smallest absolute Gasteiger partial charge is 0.318 e. The first-order chi connectivity index (χ1) is 15.1. The lowest BCUT2D eigenvalue weighted by Gasteiger charge is -2.18. The molecule has 1 fully saturated rings. The minimum Gasteiger partial charge on any atom is -0.406 e. The highest BCUT2D eigenvalue weighted by Crippen LogP contribution is 2.24. The molecule has 0 unspecified atom stereocenters. The number of hydrogen-bond acceptors (Lipinski definition) is 5. The summed E-state index contributed by atoms with van der Waals surface area (Å²) in [5, 5.41) is 11.0. The summed E-state index contributed by atoms with van der Waals surface area (Å²) < 4.78 is 34.1. The third-order valence-electron chi connectivity index (χ3n) is 5.38. The maximum absolute atomic E-state index is 14.1. The van der Waals surface area contributed by atoms with Crippen LogP contribution in [0.3, 0.4) is 0 Å². The van der Waals surface area contributed by atoms with Gasteiger partial charge in [0.1, 0.15) is 23.2 Å². The quantitative estimate of drug-likeness (QED) is 0.631. The highest BCUT2D eigenvalue weighted by Gasteiger charge is 2.26. The van der Waals surface area contributed by atoms with Gasteiger partial charge in [0.2, 0.25) is 5.89 Å². The van der Waals surface area contributed by atoms with E-state index < -0.39 is 29.1 Å². The second-order valence-corrected chi connectivity index (χ2v) is 7.64. The van der Waals surface area contributed by atoms with Crippen LogP contribution >= 0.6 is 0 Å². The Kier molecular flexibility index (Phi) is 6.54. The van der Waals surface area contributed by atoms with Crippen molar-refractivity contribution in [2.75, 3.05) is 18.0 Å². The predicted molar refractivity (Wildman–Crippen MR) is 112 cm³/mol. The number of nitrogens with zero attached hydrogens (tertiary/aromatic N) is 3. The van der Waals surface area contributed by atoms with E-state index in [1.165, 1.54) is 18.9 Å². The molecule has 0 aliphatic carbocycles. The summed E-state index contributed by atoms with van der Waals surface area (Å²) in [6, 6.07) is 12.4. The van der Waals surface area contributed by atoms with Gasteiger partial charge in [0.25, 0.3) is 5.91 Å². The van der Waals surface area contributed by atoms with E-state index in [-0.39, 0.29) is 5.89 Å². The van der Waals surface area contributed by atoms with Crippen LogP contribution in [0.5, 0.6) is 0 Å². The molecule has 0 bridgehead atoms. The first-order valence-electron chi connectivity index (χ1n) is 10.5. The number of amides is 1. The molecule has 3 aromatic rings. The van der Waals surface area contributed by atoms with Crippen molar-refractivity contribution in [2.45, 2.75) is 38.1 Å². The van der Waals surface area contributed by atoms with E-state index in [0.717, 1.165) is 43.6 Å².